The zero-order valence-electron chi connectivity index (χ0n) is 9.27. The molecule has 0 aromatic carbocycles. The molecular weight excluding hydrogens is 208 g/mol. The fourth-order valence-corrected chi connectivity index (χ4v) is 1.08. The highest BCUT2D eigenvalue weighted by atomic mass is 16.5. The van der Waals surface area contributed by atoms with E-state index in [2.05, 4.69) is 20.6 Å². The fourth-order valence-electron chi connectivity index (χ4n) is 1.08. The predicted octanol–water partition coefficient (Wildman–Crippen LogP) is 0.0412. The van der Waals surface area contributed by atoms with Crippen molar-refractivity contribution in [2.45, 2.75) is 6.42 Å². The number of amides is 1. The largest absolute Gasteiger partial charge is 0.383 e. The van der Waals surface area contributed by atoms with Crippen LogP contribution < -0.4 is 10.6 Å². The van der Waals surface area contributed by atoms with E-state index in [1.54, 1.807) is 19.4 Å². The Labute approximate surface area is 94.4 Å². The number of hydrogen-bond donors (Lipinski definition) is 2. The Kier molecular flexibility index (Phi) is 5.87. The van der Waals surface area contributed by atoms with E-state index in [1.165, 1.54) is 6.33 Å². The summed E-state index contributed by atoms with van der Waals surface area (Å²) in [5.41, 5.74) is 0. The normalized spacial score (nSPS) is 9.81. The van der Waals surface area contributed by atoms with E-state index in [9.17, 15) is 4.79 Å². The third kappa shape index (κ3) is 5.26. The van der Waals surface area contributed by atoms with Gasteiger partial charge in [-0.2, -0.15) is 0 Å². The van der Waals surface area contributed by atoms with Crippen LogP contribution in [0.15, 0.2) is 18.6 Å². The smallest absolute Gasteiger partial charge is 0.221 e. The van der Waals surface area contributed by atoms with Gasteiger partial charge in [0.05, 0.1) is 6.61 Å². The number of carbonyl (C=O) groups excluding carboxylic acids is 1. The van der Waals surface area contributed by atoms with Gasteiger partial charge < -0.3 is 15.4 Å². The molecule has 0 bridgehead atoms. The third-order valence-corrected chi connectivity index (χ3v) is 1.87. The molecule has 1 rings (SSSR count). The molecule has 1 aromatic rings. The van der Waals surface area contributed by atoms with Crippen LogP contribution in [0.3, 0.4) is 0 Å². The molecular formula is C10H16N4O2. The number of methoxy groups -OCH3 is 1. The summed E-state index contributed by atoms with van der Waals surface area (Å²) in [5.74, 6) is 0.721. The van der Waals surface area contributed by atoms with E-state index in [0.29, 0.717) is 26.1 Å². The van der Waals surface area contributed by atoms with Crippen molar-refractivity contribution >= 4 is 11.7 Å². The summed E-state index contributed by atoms with van der Waals surface area (Å²) in [6.07, 6.45) is 3.52. The highest BCUT2D eigenvalue weighted by Crippen LogP contribution is 1.97. The summed E-state index contributed by atoms with van der Waals surface area (Å²) in [6.45, 7) is 1.63. The Bertz CT molecular complexity index is 305. The summed E-state index contributed by atoms with van der Waals surface area (Å²) < 4.78 is 4.82. The van der Waals surface area contributed by atoms with Crippen molar-refractivity contribution in [3.8, 4) is 0 Å². The lowest BCUT2D eigenvalue weighted by atomic mass is 10.4. The van der Waals surface area contributed by atoms with Gasteiger partial charge in [0.25, 0.3) is 0 Å². The third-order valence-electron chi connectivity index (χ3n) is 1.87. The second-order valence-electron chi connectivity index (χ2n) is 3.11. The van der Waals surface area contributed by atoms with Crippen LogP contribution in [0.2, 0.25) is 0 Å². The van der Waals surface area contributed by atoms with Gasteiger partial charge in [0, 0.05) is 32.8 Å². The van der Waals surface area contributed by atoms with Crippen LogP contribution in [0.1, 0.15) is 6.42 Å². The molecule has 0 atom stereocenters. The molecule has 0 saturated heterocycles. The number of carbonyl (C=O) groups is 1. The molecule has 1 heterocycles. The van der Waals surface area contributed by atoms with Crippen LogP contribution in [0.4, 0.5) is 5.82 Å². The first-order chi connectivity index (χ1) is 7.83. The average molecular weight is 224 g/mol. The molecule has 0 aliphatic heterocycles. The van der Waals surface area contributed by atoms with Crippen molar-refractivity contribution in [1.29, 1.82) is 0 Å². The van der Waals surface area contributed by atoms with Crippen LogP contribution >= 0.6 is 0 Å². The maximum atomic E-state index is 11.3. The Morgan fingerprint density at radius 1 is 1.50 bits per heavy atom. The van der Waals surface area contributed by atoms with Gasteiger partial charge in [-0.1, -0.05) is 0 Å². The molecule has 6 heteroatoms. The van der Waals surface area contributed by atoms with Gasteiger partial charge in [-0.15, -0.1) is 0 Å². The summed E-state index contributed by atoms with van der Waals surface area (Å²) in [6, 6.07) is 1.75. The second kappa shape index (κ2) is 7.58. The molecule has 1 aromatic heterocycles. The van der Waals surface area contributed by atoms with E-state index in [-0.39, 0.29) is 5.91 Å². The van der Waals surface area contributed by atoms with Crippen molar-refractivity contribution in [3.63, 3.8) is 0 Å². The zero-order chi connectivity index (χ0) is 11.6. The Morgan fingerprint density at radius 2 is 2.38 bits per heavy atom. The highest BCUT2D eigenvalue weighted by Gasteiger charge is 1.99. The summed E-state index contributed by atoms with van der Waals surface area (Å²) in [5, 5.41) is 5.76. The van der Waals surface area contributed by atoms with E-state index in [4.69, 9.17) is 4.74 Å². The van der Waals surface area contributed by atoms with Crippen LogP contribution in [0, 0.1) is 0 Å². The number of aromatic nitrogens is 2. The summed E-state index contributed by atoms with van der Waals surface area (Å²) >= 11 is 0. The summed E-state index contributed by atoms with van der Waals surface area (Å²) in [7, 11) is 1.60. The first-order valence-corrected chi connectivity index (χ1v) is 5.08. The van der Waals surface area contributed by atoms with E-state index < -0.39 is 0 Å². The lowest BCUT2D eigenvalue weighted by molar-refractivity contribution is -0.121. The first kappa shape index (κ1) is 12.4. The standard InChI is InChI=1S/C10H16N4O2/c1-16-7-6-13-10(15)3-5-12-9-2-4-11-8-14-9/h2,4,8H,3,5-7H2,1H3,(H,13,15)(H,11,12,14). The molecule has 0 saturated carbocycles. The number of ether oxygens (including phenoxy) is 1. The molecule has 0 radical (unpaired) electrons. The van der Waals surface area contributed by atoms with Crippen LogP contribution in [-0.2, 0) is 9.53 Å². The Balaban J connectivity index is 2.09. The predicted molar refractivity (Wildman–Crippen MR) is 60.0 cm³/mol. The molecule has 0 fully saturated rings. The number of nitrogens with one attached hydrogen (secondary N) is 2. The molecule has 0 aliphatic carbocycles. The van der Waals surface area contributed by atoms with Crippen LogP contribution in [-0.4, -0.2) is 42.7 Å². The monoisotopic (exact) mass is 224 g/mol. The maximum Gasteiger partial charge on any atom is 0.221 e. The van der Waals surface area contributed by atoms with Gasteiger partial charge in [0.1, 0.15) is 12.1 Å². The lowest BCUT2D eigenvalue weighted by Gasteiger charge is -2.05. The number of rotatable bonds is 7. The zero-order valence-corrected chi connectivity index (χ0v) is 9.27. The van der Waals surface area contributed by atoms with E-state index >= 15 is 0 Å². The van der Waals surface area contributed by atoms with Gasteiger partial charge in [0.2, 0.25) is 5.91 Å². The highest BCUT2D eigenvalue weighted by molar-refractivity contribution is 5.76. The lowest BCUT2D eigenvalue weighted by Crippen LogP contribution is -2.28. The number of anilines is 1. The molecule has 88 valence electrons. The average Bonchev–Trinajstić information content (AvgIpc) is 2.31. The maximum absolute atomic E-state index is 11.3. The summed E-state index contributed by atoms with van der Waals surface area (Å²) in [4.78, 5) is 19.0. The van der Waals surface area contributed by atoms with E-state index in [0.717, 1.165) is 5.82 Å². The SMILES string of the molecule is COCCNC(=O)CCNc1ccncn1. The fraction of sp³-hybridized carbons (Fsp3) is 0.500. The molecule has 0 spiro atoms. The molecule has 16 heavy (non-hydrogen) atoms. The van der Waals surface area contributed by atoms with Crippen molar-refractivity contribution in [2.24, 2.45) is 0 Å². The second-order valence-corrected chi connectivity index (χ2v) is 3.11. The van der Waals surface area contributed by atoms with Gasteiger partial charge >= 0.3 is 0 Å². The van der Waals surface area contributed by atoms with Gasteiger partial charge in [-0.05, 0) is 6.07 Å². The minimum atomic E-state index is -0.00129. The van der Waals surface area contributed by atoms with Gasteiger partial charge in [-0.25, -0.2) is 9.97 Å². The number of hydrogen-bond acceptors (Lipinski definition) is 5. The Morgan fingerprint density at radius 3 is 3.06 bits per heavy atom. The molecule has 1 amide bonds. The minimum absolute atomic E-state index is 0.00129. The van der Waals surface area contributed by atoms with Gasteiger partial charge in [-0.3, -0.25) is 4.79 Å². The van der Waals surface area contributed by atoms with Gasteiger partial charge in [0.15, 0.2) is 0 Å². The van der Waals surface area contributed by atoms with Crippen molar-refractivity contribution in [2.75, 3.05) is 32.1 Å². The molecule has 2 N–H and O–H groups in total. The Hall–Kier alpha value is -1.69. The molecule has 6 nitrogen and oxygen atoms in total. The first-order valence-electron chi connectivity index (χ1n) is 5.08. The molecule has 0 unspecified atom stereocenters. The minimum Gasteiger partial charge on any atom is -0.383 e. The quantitative estimate of drug-likeness (QED) is 0.640. The molecule has 0 aliphatic rings. The topological polar surface area (TPSA) is 76.1 Å². The number of nitrogens with zero attached hydrogens (tertiary/aromatic N) is 2. The van der Waals surface area contributed by atoms with Crippen LogP contribution in [0.25, 0.3) is 0 Å². The van der Waals surface area contributed by atoms with Crippen molar-refractivity contribution < 1.29 is 9.53 Å². The van der Waals surface area contributed by atoms with Crippen LogP contribution in [0.5, 0.6) is 0 Å². The van der Waals surface area contributed by atoms with Crippen molar-refractivity contribution in [1.82, 2.24) is 15.3 Å². The van der Waals surface area contributed by atoms with Crippen molar-refractivity contribution in [3.05, 3.63) is 18.6 Å². The van der Waals surface area contributed by atoms with E-state index in [1.807, 2.05) is 0 Å².